The number of ether oxygens (including phenoxy) is 1. The second-order valence-electron chi connectivity index (χ2n) is 6.78. The van der Waals surface area contributed by atoms with Crippen LogP contribution < -0.4 is 9.64 Å². The van der Waals surface area contributed by atoms with Crippen LogP contribution in [0.5, 0.6) is 5.75 Å². The van der Waals surface area contributed by atoms with Gasteiger partial charge in [-0.05, 0) is 60.0 Å². The maximum absolute atomic E-state index is 13.3. The van der Waals surface area contributed by atoms with E-state index in [-0.39, 0.29) is 18.1 Å². The standard InChI is InChI=1S/C23H20FN3O3S/c1-29-19-10-4-16(5-11-19)23-25-21(30-26-23)12-13-22(28)27(15-20-3-2-14-31-20)18-8-6-17(24)7-9-18/h2-11,14H,12-13,15H2,1H3. The molecule has 2 heterocycles. The number of anilines is 1. The first-order chi connectivity index (χ1) is 15.1. The van der Waals surface area contributed by atoms with Gasteiger partial charge in [0.05, 0.1) is 13.7 Å². The number of carbonyl (C=O) groups is 1. The van der Waals surface area contributed by atoms with Crippen molar-refractivity contribution in [1.29, 1.82) is 0 Å². The zero-order chi connectivity index (χ0) is 21.6. The summed E-state index contributed by atoms with van der Waals surface area (Å²) in [4.78, 5) is 20.1. The lowest BCUT2D eigenvalue weighted by Crippen LogP contribution is -2.30. The average Bonchev–Trinajstić information content (AvgIpc) is 3.49. The van der Waals surface area contributed by atoms with Crippen molar-refractivity contribution in [3.63, 3.8) is 0 Å². The van der Waals surface area contributed by atoms with E-state index in [1.807, 2.05) is 41.8 Å². The molecule has 31 heavy (non-hydrogen) atoms. The van der Waals surface area contributed by atoms with Crippen LogP contribution in [-0.2, 0) is 17.8 Å². The van der Waals surface area contributed by atoms with Crippen molar-refractivity contribution in [3.8, 4) is 17.1 Å². The van der Waals surface area contributed by atoms with E-state index in [1.165, 1.54) is 12.1 Å². The number of halogens is 1. The molecular weight excluding hydrogens is 417 g/mol. The molecule has 0 aliphatic carbocycles. The highest BCUT2D eigenvalue weighted by Crippen LogP contribution is 2.23. The number of aromatic nitrogens is 2. The van der Waals surface area contributed by atoms with Crippen molar-refractivity contribution in [2.24, 2.45) is 0 Å². The number of benzene rings is 2. The van der Waals surface area contributed by atoms with Crippen LogP contribution in [0.1, 0.15) is 17.2 Å². The fourth-order valence-electron chi connectivity index (χ4n) is 3.07. The minimum atomic E-state index is -0.343. The molecule has 0 fully saturated rings. The van der Waals surface area contributed by atoms with Gasteiger partial charge in [-0.3, -0.25) is 4.79 Å². The Balaban J connectivity index is 1.45. The summed E-state index contributed by atoms with van der Waals surface area (Å²) in [5.41, 5.74) is 1.44. The summed E-state index contributed by atoms with van der Waals surface area (Å²) in [6.07, 6.45) is 0.497. The molecule has 0 saturated heterocycles. The summed E-state index contributed by atoms with van der Waals surface area (Å²) in [6.45, 7) is 0.420. The number of aryl methyl sites for hydroxylation is 1. The smallest absolute Gasteiger partial charge is 0.227 e. The van der Waals surface area contributed by atoms with E-state index in [1.54, 1.807) is 35.5 Å². The van der Waals surface area contributed by atoms with Gasteiger partial charge in [-0.1, -0.05) is 11.2 Å². The number of hydrogen-bond donors (Lipinski definition) is 0. The van der Waals surface area contributed by atoms with E-state index >= 15 is 0 Å². The Labute approximate surface area is 182 Å². The molecule has 0 radical (unpaired) electrons. The third-order valence-electron chi connectivity index (χ3n) is 4.70. The molecule has 0 N–H and O–H groups in total. The lowest BCUT2D eigenvalue weighted by Gasteiger charge is -2.22. The highest BCUT2D eigenvalue weighted by Gasteiger charge is 2.19. The molecule has 0 aliphatic heterocycles. The largest absolute Gasteiger partial charge is 0.497 e. The summed E-state index contributed by atoms with van der Waals surface area (Å²) in [5, 5.41) is 5.96. The molecule has 0 unspecified atom stereocenters. The molecule has 2 aromatic heterocycles. The maximum Gasteiger partial charge on any atom is 0.227 e. The molecule has 4 aromatic rings. The topological polar surface area (TPSA) is 68.5 Å². The van der Waals surface area contributed by atoms with Crippen molar-refractivity contribution < 1.29 is 18.4 Å². The van der Waals surface area contributed by atoms with Gasteiger partial charge >= 0.3 is 0 Å². The molecule has 0 atom stereocenters. The Morgan fingerprint density at radius 1 is 1.13 bits per heavy atom. The van der Waals surface area contributed by atoms with Crippen LogP contribution in [0.3, 0.4) is 0 Å². The van der Waals surface area contributed by atoms with Gasteiger partial charge in [-0.2, -0.15) is 4.98 Å². The molecule has 8 heteroatoms. The normalized spacial score (nSPS) is 10.8. The summed E-state index contributed by atoms with van der Waals surface area (Å²) in [6, 6.07) is 17.1. The fraction of sp³-hybridized carbons (Fsp3) is 0.174. The second-order valence-corrected chi connectivity index (χ2v) is 7.81. The predicted octanol–water partition coefficient (Wildman–Crippen LogP) is 5.11. The van der Waals surface area contributed by atoms with Crippen LogP contribution in [-0.4, -0.2) is 23.2 Å². The minimum Gasteiger partial charge on any atom is -0.497 e. The molecule has 1 amide bonds. The Kier molecular flexibility index (Phi) is 6.37. The molecule has 4 rings (SSSR count). The fourth-order valence-corrected chi connectivity index (χ4v) is 3.76. The van der Waals surface area contributed by atoms with Gasteiger partial charge in [0, 0.05) is 29.0 Å². The Bertz CT molecular complexity index is 1130. The minimum absolute atomic E-state index is 0.107. The van der Waals surface area contributed by atoms with E-state index < -0.39 is 0 Å². The van der Waals surface area contributed by atoms with Crippen LogP contribution in [0.15, 0.2) is 70.6 Å². The zero-order valence-corrected chi connectivity index (χ0v) is 17.6. The van der Waals surface area contributed by atoms with Crippen molar-refractivity contribution in [2.75, 3.05) is 12.0 Å². The lowest BCUT2D eigenvalue weighted by molar-refractivity contribution is -0.118. The average molecular weight is 437 g/mol. The third-order valence-corrected chi connectivity index (χ3v) is 5.56. The molecule has 6 nitrogen and oxygen atoms in total. The van der Waals surface area contributed by atoms with Crippen LogP contribution in [0.25, 0.3) is 11.4 Å². The predicted molar refractivity (Wildman–Crippen MR) is 117 cm³/mol. The Morgan fingerprint density at radius 2 is 1.90 bits per heavy atom. The quantitative estimate of drug-likeness (QED) is 0.383. The first kappa shape index (κ1) is 20.7. The van der Waals surface area contributed by atoms with Crippen molar-refractivity contribution in [2.45, 2.75) is 19.4 Å². The van der Waals surface area contributed by atoms with Gasteiger partial charge in [-0.15, -0.1) is 11.3 Å². The van der Waals surface area contributed by atoms with E-state index in [0.717, 1.165) is 16.2 Å². The van der Waals surface area contributed by atoms with Gasteiger partial charge in [-0.25, -0.2) is 4.39 Å². The molecule has 0 saturated carbocycles. The summed E-state index contributed by atoms with van der Waals surface area (Å²) in [7, 11) is 1.60. The summed E-state index contributed by atoms with van der Waals surface area (Å²) < 4.78 is 23.8. The number of carbonyl (C=O) groups excluding carboxylic acids is 1. The number of amides is 1. The van der Waals surface area contributed by atoms with E-state index in [9.17, 15) is 9.18 Å². The lowest BCUT2D eigenvalue weighted by atomic mass is 10.2. The van der Waals surface area contributed by atoms with Crippen LogP contribution in [0, 0.1) is 5.82 Å². The number of thiophene rings is 1. The van der Waals surface area contributed by atoms with Crippen molar-refractivity contribution in [3.05, 3.63) is 82.6 Å². The van der Waals surface area contributed by atoms with Gasteiger partial charge in [0.15, 0.2) is 0 Å². The van der Waals surface area contributed by atoms with E-state index in [2.05, 4.69) is 10.1 Å². The van der Waals surface area contributed by atoms with Crippen LogP contribution in [0.2, 0.25) is 0 Å². The first-order valence-corrected chi connectivity index (χ1v) is 10.6. The monoisotopic (exact) mass is 437 g/mol. The third kappa shape index (κ3) is 5.16. The first-order valence-electron chi connectivity index (χ1n) is 9.68. The number of nitrogens with zero attached hydrogens (tertiary/aromatic N) is 3. The van der Waals surface area contributed by atoms with Crippen molar-refractivity contribution >= 4 is 22.9 Å². The number of methoxy groups -OCH3 is 1. The number of rotatable bonds is 8. The molecule has 0 spiro atoms. The summed E-state index contributed by atoms with van der Waals surface area (Å²) >= 11 is 1.57. The molecule has 2 aromatic carbocycles. The van der Waals surface area contributed by atoms with Gasteiger partial charge in [0.2, 0.25) is 17.6 Å². The van der Waals surface area contributed by atoms with E-state index in [0.29, 0.717) is 30.4 Å². The molecule has 158 valence electrons. The SMILES string of the molecule is COc1ccc(-c2noc(CCC(=O)N(Cc3cccs3)c3ccc(F)cc3)n2)cc1. The Morgan fingerprint density at radius 3 is 2.58 bits per heavy atom. The molecule has 0 aliphatic rings. The zero-order valence-electron chi connectivity index (χ0n) is 16.8. The highest BCUT2D eigenvalue weighted by atomic mass is 32.1. The molecule has 0 bridgehead atoms. The van der Waals surface area contributed by atoms with E-state index in [4.69, 9.17) is 9.26 Å². The highest BCUT2D eigenvalue weighted by molar-refractivity contribution is 7.09. The van der Waals surface area contributed by atoms with Gasteiger partial charge < -0.3 is 14.2 Å². The van der Waals surface area contributed by atoms with Gasteiger partial charge in [0.25, 0.3) is 0 Å². The van der Waals surface area contributed by atoms with Crippen LogP contribution >= 0.6 is 11.3 Å². The second kappa shape index (κ2) is 9.53. The summed E-state index contributed by atoms with van der Waals surface area (Å²) in [5.74, 6) is 1.13. The van der Waals surface area contributed by atoms with Gasteiger partial charge in [0.1, 0.15) is 11.6 Å². The maximum atomic E-state index is 13.3. The van der Waals surface area contributed by atoms with Crippen molar-refractivity contribution in [1.82, 2.24) is 10.1 Å². The van der Waals surface area contributed by atoms with Crippen LogP contribution in [0.4, 0.5) is 10.1 Å². The Hall–Kier alpha value is -3.52. The number of hydrogen-bond acceptors (Lipinski definition) is 6. The molecular formula is C23H20FN3O3S.